The van der Waals surface area contributed by atoms with Crippen LogP contribution in [0.4, 0.5) is 0 Å². The molecule has 33 heavy (non-hydrogen) atoms. The first-order chi connectivity index (χ1) is 16.1. The van der Waals surface area contributed by atoms with E-state index >= 15 is 0 Å². The van der Waals surface area contributed by atoms with Crippen LogP contribution in [-0.2, 0) is 17.9 Å². The molecule has 6 nitrogen and oxygen atoms in total. The number of aliphatic hydroxyl groups excluding tert-OH is 2. The summed E-state index contributed by atoms with van der Waals surface area (Å²) in [6, 6.07) is 25.7. The van der Waals surface area contributed by atoms with Crippen LogP contribution in [0, 0.1) is 0 Å². The van der Waals surface area contributed by atoms with Crippen LogP contribution < -0.4 is 0 Å². The lowest BCUT2D eigenvalue weighted by Crippen LogP contribution is -2.39. The summed E-state index contributed by atoms with van der Waals surface area (Å²) in [6.45, 7) is 0.830. The number of aliphatic hydroxyl groups is 2. The molecule has 3 aromatic carbocycles. The lowest BCUT2D eigenvalue weighted by Gasteiger charge is -2.23. The van der Waals surface area contributed by atoms with Gasteiger partial charge in [0.25, 0.3) is 5.91 Å². The Balaban J connectivity index is 1.32. The van der Waals surface area contributed by atoms with Crippen molar-refractivity contribution in [3.05, 3.63) is 108 Å². The van der Waals surface area contributed by atoms with Crippen molar-refractivity contribution in [3.63, 3.8) is 0 Å². The first-order valence-electron chi connectivity index (χ1n) is 10.8. The number of rotatable bonds is 5. The van der Waals surface area contributed by atoms with Gasteiger partial charge in [0.15, 0.2) is 6.10 Å². The Bertz CT molecular complexity index is 1250. The SMILES string of the molecule is O=C(C(O)C(O)c1cncc(-c2ccc(-c3ccccc3)cc2)n1)N1Cc2ccccc2C1. The summed E-state index contributed by atoms with van der Waals surface area (Å²) in [5, 5.41) is 21.3. The van der Waals surface area contributed by atoms with Gasteiger partial charge in [-0.25, -0.2) is 4.98 Å². The Morgan fingerprint density at radius 3 is 2.00 bits per heavy atom. The lowest BCUT2D eigenvalue weighted by molar-refractivity contribution is -0.147. The molecule has 0 fully saturated rings. The third-order valence-corrected chi connectivity index (χ3v) is 5.95. The molecule has 2 N–H and O–H groups in total. The fourth-order valence-electron chi connectivity index (χ4n) is 4.10. The molecule has 0 saturated heterocycles. The number of benzene rings is 3. The minimum Gasteiger partial charge on any atom is -0.383 e. The van der Waals surface area contributed by atoms with Crippen molar-refractivity contribution >= 4 is 5.91 Å². The fraction of sp³-hybridized carbons (Fsp3) is 0.148. The van der Waals surface area contributed by atoms with Crippen molar-refractivity contribution in [1.82, 2.24) is 14.9 Å². The van der Waals surface area contributed by atoms with Crippen LogP contribution in [0.25, 0.3) is 22.4 Å². The van der Waals surface area contributed by atoms with Crippen LogP contribution in [0.5, 0.6) is 0 Å². The van der Waals surface area contributed by atoms with Gasteiger partial charge in [-0.05, 0) is 22.3 Å². The van der Waals surface area contributed by atoms with Gasteiger partial charge in [-0.1, -0.05) is 78.9 Å². The zero-order chi connectivity index (χ0) is 22.8. The Morgan fingerprint density at radius 2 is 1.33 bits per heavy atom. The standard InChI is InChI=1S/C27H23N3O3/c31-25(26(32)27(33)30-16-21-8-4-5-9-22(21)17-30)24-15-28-14-23(29-24)20-12-10-19(11-13-20)18-6-2-1-3-7-18/h1-15,25-26,31-32H,16-17H2. The zero-order valence-electron chi connectivity index (χ0n) is 17.9. The third kappa shape index (κ3) is 4.26. The first-order valence-corrected chi connectivity index (χ1v) is 10.8. The predicted octanol–water partition coefficient (Wildman–Crippen LogP) is 3.75. The third-order valence-electron chi connectivity index (χ3n) is 5.95. The quantitative estimate of drug-likeness (QED) is 0.497. The van der Waals surface area contributed by atoms with Crippen molar-refractivity contribution in [2.75, 3.05) is 0 Å². The van der Waals surface area contributed by atoms with Crippen molar-refractivity contribution < 1.29 is 15.0 Å². The minimum atomic E-state index is -1.62. The summed E-state index contributed by atoms with van der Waals surface area (Å²) >= 11 is 0. The molecule has 0 spiro atoms. The maximum Gasteiger partial charge on any atom is 0.255 e. The topological polar surface area (TPSA) is 86.5 Å². The van der Waals surface area contributed by atoms with E-state index in [1.807, 2.05) is 78.9 Å². The number of hydrogen-bond donors (Lipinski definition) is 2. The number of fused-ring (bicyclic) bond motifs is 1. The number of amides is 1. The molecule has 5 rings (SSSR count). The number of carbonyl (C=O) groups is 1. The molecule has 164 valence electrons. The summed E-state index contributed by atoms with van der Waals surface area (Å²) in [6.07, 6.45) is -0.123. The highest BCUT2D eigenvalue weighted by Crippen LogP contribution is 2.27. The van der Waals surface area contributed by atoms with E-state index in [9.17, 15) is 15.0 Å². The second-order valence-corrected chi connectivity index (χ2v) is 8.13. The first kappa shape index (κ1) is 21.0. The number of carbonyl (C=O) groups excluding carboxylic acids is 1. The smallest absolute Gasteiger partial charge is 0.255 e. The maximum absolute atomic E-state index is 12.8. The zero-order valence-corrected chi connectivity index (χ0v) is 17.9. The van der Waals surface area contributed by atoms with Crippen LogP contribution >= 0.6 is 0 Å². The Morgan fingerprint density at radius 1 is 0.758 bits per heavy atom. The van der Waals surface area contributed by atoms with Crippen molar-refractivity contribution in [1.29, 1.82) is 0 Å². The van der Waals surface area contributed by atoms with Crippen molar-refractivity contribution in [2.24, 2.45) is 0 Å². The number of nitrogens with zero attached hydrogens (tertiary/aromatic N) is 3. The van der Waals surface area contributed by atoms with Crippen LogP contribution in [0.1, 0.15) is 22.9 Å². The van der Waals surface area contributed by atoms with E-state index in [1.165, 1.54) is 11.1 Å². The highest BCUT2D eigenvalue weighted by Gasteiger charge is 2.33. The van der Waals surface area contributed by atoms with Gasteiger partial charge >= 0.3 is 0 Å². The highest BCUT2D eigenvalue weighted by molar-refractivity contribution is 5.82. The van der Waals surface area contributed by atoms with Crippen molar-refractivity contribution in [3.8, 4) is 22.4 Å². The molecule has 0 bridgehead atoms. The van der Waals surface area contributed by atoms with Crippen LogP contribution in [0.2, 0.25) is 0 Å². The average molecular weight is 437 g/mol. The van der Waals surface area contributed by atoms with Gasteiger partial charge in [-0.15, -0.1) is 0 Å². The molecule has 6 heteroatoms. The highest BCUT2D eigenvalue weighted by atomic mass is 16.3. The maximum atomic E-state index is 12.8. The van der Waals surface area contributed by atoms with Crippen molar-refractivity contribution in [2.45, 2.75) is 25.3 Å². The normalized spacial score (nSPS) is 14.5. The molecule has 1 amide bonds. The molecule has 0 aliphatic carbocycles. The molecule has 1 aromatic heterocycles. The fourth-order valence-corrected chi connectivity index (χ4v) is 4.10. The molecule has 0 saturated carbocycles. The number of hydrogen-bond acceptors (Lipinski definition) is 5. The lowest BCUT2D eigenvalue weighted by atomic mass is 10.0. The van der Waals surface area contributed by atoms with Crippen LogP contribution in [0.15, 0.2) is 91.3 Å². The Kier molecular flexibility index (Phi) is 5.69. The molecular weight excluding hydrogens is 414 g/mol. The summed E-state index contributed by atoms with van der Waals surface area (Å²) < 4.78 is 0. The van der Waals surface area contributed by atoms with E-state index in [4.69, 9.17) is 0 Å². The van der Waals surface area contributed by atoms with Crippen LogP contribution in [0.3, 0.4) is 0 Å². The second kappa shape index (κ2) is 8.94. The molecule has 2 unspecified atom stereocenters. The summed E-state index contributed by atoms with van der Waals surface area (Å²) in [5.74, 6) is -0.530. The molecule has 4 aromatic rings. The predicted molar refractivity (Wildman–Crippen MR) is 125 cm³/mol. The summed E-state index contributed by atoms with van der Waals surface area (Å²) in [4.78, 5) is 23.0. The van der Waals surface area contributed by atoms with E-state index in [0.29, 0.717) is 18.8 Å². The minimum absolute atomic E-state index is 0.150. The average Bonchev–Trinajstić information content (AvgIpc) is 3.32. The molecule has 2 atom stereocenters. The molecule has 1 aliphatic rings. The number of aromatic nitrogens is 2. The van der Waals surface area contributed by atoms with Gasteiger partial charge in [-0.2, -0.15) is 0 Å². The van der Waals surface area contributed by atoms with E-state index in [0.717, 1.165) is 27.8 Å². The van der Waals surface area contributed by atoms with Gasteiger partial charge in [-0.3, -0.25) is 9.78 Å². The van der Waals surface area contributed by atoms with Gasteiger partial charge in [0.05, 0.1) is 23.8 Å². The van der Waals surface area contributed by atoms with Gasteiger partial charge in [0, 0.05) is 18.7 Å². The monoisotopic (exact) mass is 437 g/mol. The van der Waals surface area contributed by atoms with Gasteiger partial charge in [0.2, 0.25) is 0 Å². The van der Waals surface area contributed by atoms with E-state index in [2.05, 4.69) is 9.97 Å². The van der Waals surface area contributed by atoms with E-state index in [1.54, 1.807) is 6.20 Å². The summed E-state index contributed by atoms with van der Waals surface area (Å²) in [7, 11) is 0. The van der Waals surface area contributed by atoms with Gasteiger partial charge < -0.3 is 15.1 Å². The largest absolute Gasteiger partial charge is 0.383 e. The molecule has 2 heterocycles. The molecule has 1 aliphatic heterocycles. The van der Waals surface area contributed by atoms with E-state index in [-0.39, 0.29) is 5.69 Å². The Hall–Kier alpha value is -3.87. The molecule has 0 radical (unpaired) electrons. The van der Waals surface area contributed by atoms with Gasteiger partial charge in [0.1, 0.15) is 6.10 Å². The van der Waals surface area contributed by atoms with E-state index < -0.39 is 18.1 Å². The second-order valence-electron chi connectivity index (χ2n) is 8.13. The molecular formula is C27H23N3O3. The van der Waals surface area contributed by atoms with Crippen LogP contribution in [-0.4, -0.2) is 37.1 Å². The summed E-state index contributed by atoms with van der Waals surface area (Å²) in [5.41, 5.74) is 5.83. The Labute approximate surface area is 191 Å².